The van der Waals surface area contributed by atoms with Gasteiger partial charge in [0, 0.05) is 13.0 Å². The van der Waals surface area contributed by atoms with E-state index in [1.165, 1.54) is 9.87 Å². The van der Waals surface area contributed by atoms with Gasteiger partial charge in [-0.3, -0.25) is 9.10 Å². The molecule has 1 heterocycles. The van der Waals surface area contributed by atoms with Gasteiger partial charge in [0.1, 0.15) is 5.75 Å². The molecule has 0 radical (unpaired) electrons. The highest BCUT2D eigenvalue weighted by molar-refractivity contribution is 7.92. The third-order valence-corrected chi connectivity index (χ3v) is 6.40. The molecule has 0 aromatic heterocycles. The highest BCUT2D eigenvalue weighted by Gasteiger charge is 2.32. The summed E-state index contributed by atoms with van der Waals surface area (Å²) in [5, 5.41) is 3.09. The molecule has 0 unspecified atom stereocenters. The van der Waals surface area contributed by atoms with Gasteiger partial charge in [0.25, 0.3) is 5.91 Å². The molecule has 1 aliphatic rings. The van der Waals surface area contributed by atoms with Crippen LogP contribution in [0.4, 0.5) is 5.69 Å². The average molecular weight is 417 g/mol. The zero-order valence-corrected chi connectivity index (χ0v) is 18.1. The Morgan fingerprint density at radius 3 is 2.62 bits per heavy atom. The number of fused-ring (bicyclic) bond motifs is 1. The van der Waals surface area contributed by atoms with E-state index in [-0.39, 0.29) is 24.9 Å². The molecule has 0 aliphatic carbocycles. The lowest BCUT2D eigenvalue weighted by molar-refractivity contribution is -0.128. The molecule has 0 saturated carbocycles. The Bertz CT molecular complexity index is 1000. The Morgan fingerprint density at radius 1 is 1.24 bits per heavy atom. The zero-order valence-electron chi connectivity index (χ0n) is 17.3. The molecular formula is C22H28N2O4S. The lowest BCUT2D eigenvalue weighted by atomic mass is 9.97. The van der Waals surface area contributed by atoms with Crippen LogP contribution in [0.5, 0.6) is 5.75 Å². The van der Waals surface area contributed by atoms with Crippen LogP contribution >= 0.6 is 0 Å². The van der Waals surface area contributed by atoms with Gasteiger partial charge in [-0.15, -0.1) is 0 Å². The smallest absolute Gasteiger partial charge is 0.261 e. The van der Waals surface area contributed by atoms with E-state index in [1.807, 2.05) is 32.9 Å². The first-order chi connectivity index (χ1) is 13.7. The number of ether oxygens (including phenoxy) is 1. The number of sulfonamides is 1. The number of nitrogens with zero attached hydrogens (tertiary/aromatic N) is 1. The van der Waals surface area contributed by atoms with Gasteiger partial charge in [0.15, 0.2) is 6.10 Å². The SMILES string of the molecule is CC[C@@H](NC(=O)[C@@H]1CCN(S(C)(=O)=O)c2ccccc2O1)c1ccc(C)cc1C. The molecule has 2 atom stereocenters. The van der Waals surface area contributed by atoms with Crippen molar-refractivity contribution in [3.8, 4) is 5.75 Å². The van der Waals surface area contributed by atoms with Gasteiger partial charge in [-0.1, -0.05) is 42.8 Å². The van der Waals surface area contributed by atoms with Crippen LogP contribution in [0.2, 0.25) is 0 Å². The van der Waals surface area contributed by atoms with Crippen LogP contribution in [-0.2, 0) is 14.8 Å². The molecule has 7 heteroatoms. The fourth-order valence-electron chi connectivity index (χ4n) is 3.74. The van der Waals surface area contributed by atoms with Crippen molar-refractivity contribution in [2.24, 2.45) is 0 Å². The maximum absolute atomic E-state index is 13.0. The van der Waals surface area contributed by atoms with E-state index in [2.05, 4.69) is 11.4 Å². The topological polar surface area (TPSA) is 75.7 Å². The van der Waals surface area contributed by atoms with Crippen molar-refractivity contribution >= 4 is 21.6 Å². The molecule has 156 valence electrons. The third-order valence-electron chi connectivity index (χ3n) is 5.22. The van der Waals surface area contributed by atoms with Gasteiger partial charge < -0.3 is 10.1 Å². The molecule has 29 heavy (non-hydrogen) atoms. The molecule has 2 aromatic carbocycles. The molecule has 6 nitrogen and oxygen atoms in total. The summed E-state index contributed by atoms with van der Waals surface area (Å²) in [4.78, 5) is 13.0. The number of benzene rings is 2. The lowest BCUT2D eigenvalue weighted by Crippen LogP contribution is -2.41. The highest BCUT2D eigenvalue weighted by Crippen LogP contribution is 2.34. The summed E-state index contributed by atoms with van der Waals surface area (Å²) in [7, 11) is -3.47. The number of nitrogens with one attached hydrogen (secondary N) is 1. The van der Waals surface area contributed by atoms with E-state index < -0.39 is 16.1 Å². The summed E-state index contributed by atoms with van der Waals surface area (Å²) < 4.78 is 31.7. The van der Waals surface area contributed by atoms with Crippen LogP contribution in [0.15, 0.2) is 42.5 Å². The van der Waals surface area contributed by atoms with E-state index in [1.54, 1.807) is 24.3 Å². The third kappa shape index (κ3) is 4.72. The van der Waals surface area contributed by atoms with E-state index in [9.17, 15) is 13.2 Å². The number of carbonyl (C=O) groups excluding carboxylic acids is 1. The van der Waals surface area contributed by atoms with E-state index in [0.29, 0.717) is 11.4 Å². The molecule has 1 N–H and O–H groups in total. The van der Waals surface area contributed by atoms with Gasteiger partial charge in [-0.25, -0.2) is 8.42 Å². The number of carbonyl (C=O) groups is 1. The van der Waals surface area contributed by atoms with Crippen molar-refractivity contribution in [2.45, 2.75) is 45.8 Å². The number of hydrogen-bond acceptors (Lipinski definition) is 4. The Hall–Kier alpha value is -2.54. The number of para-hydroxylation sites is 2. The van der Waals surface area contributed by atoms with Crippen LogP contribution < -0.4 is 14.4 Å². The molecule has 0 spiro atoms. The fraction of sp³-hybridized carbons (Fsp3) is 0.409. The predicted molar refractivity (Wildman–Crippen MR) is 115 cm³/mol. The number of rotatable bonds is 5. The normalized spacial score (nSPS) is 17.7. The average Bonchev–Trinajstić information content (AvgIpc) is 2.86. The molecule has 3 rings (SSSR count). The first kappa shape index (κ1) is 21.2. The molecule has 0 bridgehead atoms. The fourth-order valence-corrected chi connectivity index (χ4v) is 4.69. The van der Waals surface area contributed by atoms with Crippen molar-refractivity contribution < 1.29 is 17.9 Å². The first-order valence-electron chi connectivity index (χ1n) is 9.81. The second-order valence-corrected chi connectivity index (χ2v) is 9.43. The Labute approximate surface area is 172 Å². The lowest BCUT2D eigenvalue weighted by Gasteiger charge is -2.23. The Balaban J connectivity index is 1.83. The van der Waals surface area contributed by atoms with Crippen molar-refractivity contribution in [1.82, 2.24) is 5.32 Å². The molecule has 0 fully saturated rings. The van der Waals surface area contributed by atoms with Gasteiger partial charge in [-0.2, -0.15) is 0 Å². The summed E-state index contributed by atoms with van der Waals surface area (Å²) in [6, 6.07) is 13.0. The van der Waals surface area contributed by atoms with Gasteiger partial charge >= 0.3 is 0 Å². The first-order valence-corrected chi connectivity index (χ1v) is 11.7. The molecular weight excluding hydrogens is 388 g/mol. The molecule has 0 saturated heterocycles. The second-order valence-electron chi connectivity index (χ2n) is 7.53. The van der Waals surface area contributed by atoms with Gasteiger partial charge in [0.05, 0.1) is 18.0 Å². The summed E-state index contributed by atoms with van der Waals surface area (Å²) in [6.07, 6.45) is 1.42. The van der Waals surface area contributed by atoms with E-state index >= 15 is 0 Å². The van der Waals surface area contributed by atoms with Gasteiger partial charge in [-0.05, 0) is 43.5 Å². The van der Waals surface area contributed by atoms with Crippen LogP contribution in [0.1, 0.15) is 42.5 Å². The predicted octanol–water partition coefficient (Wildman–Crippen LogP) is 3.49. The van der Waals surface area contributed by atoms with Gasteiger partial charge in [0.2, 0.25) is 10.0 Å². The molecule has 2 aromatic rings. The van der Waals surface area contributed by atoms with Crippen LogP contribution in [0.25, 0.3) is 0 Å². The maximum atomic E-state index is 13.0. The van der Waals surface area contributed by atoms with E-state index in [4.69, 9.17) is 4.74 Å². The van der Waals surface area contributed by atoms with Crippen LogP contribution in [0.3, 0.4) is 0 Å². The minimum atomic E-state index is -3.47. The highest BCUT2D eigenvalue weighted by atomic mass is 32.2. The Morgan fingerprint density at radius 2 is 1.97 bits per heavy atom. The molecule has 1 aliphatic heterocycles. The standard InChI is InChI=1S/C22H28N2O4S/c1-5-18(17-11-10-15(2)14-16(17)3)23-22(25)21-12-13-24(29(4,26)27)19-8-6-7-9-20(19)28-21/h6-11,14,18,21H,5,12-13H2,1-4H3,(H,23,25)/t18-,21+/m1/s1. The summed E-state index contributed by atoms with van der Waals surface area (Å²) in [5.41, 5.74) is 3.86. The summed E-state index contributed by atoms with van der Waals surface area (Å²) >= 11 is 0. The maximum Gasteiger partial charge on any atom is 0.261 e. The number of aryl methyl sites for hydroxylation is 2. The van der Waals surface area contributed by atoms with Crippen molar-refractivity contribution in [3.63, 3.8) is 0 Å². The molecule has 1 amide bonds. The van der Waals surface area contributed by atoms with Crippen molar-refractivity contribution in [1.29, 1.82) is 0 Å². The second kappa shape index (κ2) is 8.45. The van der Waals surface area contributed by atoms with Crippen molar-refractivity contribution in [3.05, 3.63) is 59.2 Å². The van der Waals surface area contributed by atoms with E-state index in [0.717, 1.165) is 23.8 Å². The van der Waals surface area contributed by atoms with Crippen LogP contribution in [0, 0.1) is 13.8 Å². The minimum absolute atomic E-state index is 0.129. The number of hydrogen-bond donors (Lipinski definition) is 1. The zero-order chi connectivity index (χ0) is 21.2. The van der Waals surface area contributed by atoms with Crippen molar-refractivity contribution in [2.75, 3.05) is 17.1 Å². The number of amides is 1. The van der Waals surface area contributed by atoms with Crippen LogP contribution in [-0.4, -0.2) is 33.2 Å². The number of anilines is 1. The Kier molecular flexibility index (Phi) is 6.17. The summed E-state index contributed by atoms with van der Waals surface area (Å²) in [5.74, 6) is 0.164. The quantitative estimate of drug-likeness (QED) is 0.810. The largest absolute Gasteiger partial charge is 0.478 e. The minimum Gasteiger partial charge on any atom is -0.478 e. The summed E-state index contributed by atoms with van der Waals surface area (Å²) in [6.45, 7) is 6.30. The monoisotopic (exact) mass is 416 g/mol.